The molecule has 0 atom stereocenters. The Labute approximate surface area is 90.5 Å². The maximum atomic E-state index is 5.48. The van der Waals surface area contributed by atoms with Gasteiger partial charge in [-0.05, 0) is 0 Å². The van der Waals surface area contributed by atoms with Crippen molar-refractivity contribution in [3.8, 4) is 0 Å². The second-order valence-corrected chi connectivity index (χ2v) is 4.04. The van der Waals surface area contributed by atoms with E-state index in [2.05, 4.69) is 39.9 Å². The zero-order valence-corrected chi connectivity index (χ0v) is 9.18. The summed E-state index contributed by atoms with van der Waals surface area (Å²) in [6.07, 6.45) is 1.44. The fourth-order valence-electron chi connectivity index (χ4n) is 1.33. The van der Waals surface area contributed by atoms with E-state index in [1.807, 2.05) is 0 Å². The fourth-order valence-corrected chi connectivity index (χ4v) is 1.65. The lowest BCUT2D eigenvalue weighted by molar-refractivity contribution is 0.439. The molecule has 0 aromatic carbocycles. The molecule has 1 aromatic heterocycles. The summed E-state index contributed by atoms with van der Waals surface area (Å²) in [5.41, 5.74) is 5.48. The van der Waals surface area contributed by atoms with Crippen LogP contribution < -0.4 is 10.6 Å². The molecule has 0 radical (unpaired) electrons. The zero-order chi connectivity index (χ0) is 9.97. The normalized spacial score (nSPS) is 18.5. The second-order valence-electron chi connectivity index (χ2n) is 3.04. The first-order valence-corrected chi connectivity index (χ1v) is 5.07. The van der Waals surface area contributed by atoms with E-state index < -0.39 is 0 Å². The molecule has 76 valence electrons. The molecule has 1 fully saturated rings. The number of piperazine rings is 1. The molecular weight excluding hydrogens is 248 g/mol. The first-order valence-electron chi connectivity index (χ1n) is 4.36. The van der Waals surface area contributed by atoms with Crippen LogP contribution in [0.15, 0.2) is 6.33 Å². The molecule has 0 aliphatic carbocycles. The number of aromatic nitrogens is 3. The molecule has 1 aliphatic heterocycles. The Morgan fingerprint density at radius 3 is 2.57 bits per heavy atom. The molecule has 1 saturated heterocycles. The quantitative estimate of drug-likeness (QED) is 0.709. The molecule has 2 heterocycles. The maximum Gasteiger partial charge on any atom is 0.230 e. The van der Waals surface area contributed by atoms with Gasteiger partial charge in [-0.3, -0.25) is 0 Å². The predicted octanol–water partition coefficient (Wildman–Crippen LogP) is -0.114. The third-order valence-electron chi connectivity index (χ3n) is 2.09. The lowest BCUT2D eigenvalue weighted by atomic mass is 10.4. The summed E-state index contributed by atoms with van der Waals surface area (Å²) in [6.45, 7) is 3.70. The molecule has 0 unspecified atom stereocenters. The minimum absolute atomic E-state index is 0.274. The average molecular weight is 259 g/mol. The molecule has 6 nitrogen and oxygen atoms in total. The highest BCUT2D eigenvalue weighted by molar-refractivity contribution is 9.07. The van der Waals surface area contributed by atoms with Gasteiger partial charge in [-0.2, -0.15) is 4.98 Å². The van der Waals surface area contributed by atoms with Gasteiger partial charge in [-0.1, -0.05) is 0 Å². The summed E-state index contributed by atoms with van der Waals surface area (Å²) < 4.78 is 2.09. The van der Waals surface area contributed by atoms with E-state index in [0.717, 1.165) is 26.2 Å². The van der Waals surface area contributed by atoms with Gasteiger partial charge in [0.25, 0.3) is 0 Å². The predicted molar refractivity (Wildman–Crippen MR) is 57.0 cm³/mol. The molecule has 0 saturated carbocycles. The Balaban J connectivity index is 2.08. The highest BCUT2D eigenvalue weighted by atomic mass is 79.9. The van der Waals surface area contributed by atoms with Gasteiger partial charge < -0.3 is 10.6 Å². The smallest absolute Gasteiger partial charge is 0.230 e. The number of rotatable bonds is 1. The summed E-state index contributed by atoms with van der Waals surface area (Å²) in [4.78, 5) is 14.0. The summed E-state index contributed by atoms with van der Waals surface area (Å²) >= 11 is 3.43. The third-order valence-corrected chi connectivity index (χ3v) is 2.79. The Kier molecular flexibility index (Phi) is 2.78. The van der Waals surface area contributed by atoms with Gasteiger partial charge in [0.2, 0.25) is 11.9 Å². The SMILES string of the molecule is Nc1ncnc(N2CCN(Br)CC2)n1. The summed E-state index contributed by atoms with van der Waals surface area (Å²) in [7, 11) is 0. The number of hydrogen-bond donors (Lipinski definition) is 1. The number of anilines is 2. The summed E-state index contributed by atoms with van der Waals surface area (Å²) in [6, 6.07) is 0. The van der Waals surface area contributed by atoms with Crippen LogP contribution in [0, 0.1) is 0 Å². The monoisotopic (exact) mass is 258 g/mol. The topological polar surface area (TPSA) is 71.2 Å². The first-order chi connectivity index (χ1) is 6.75. The van der Waals surface area contributed by atoms with Crippen molar-refractivity contribution < 1.29 is 0 Å². The molecule has 7 heteroatoms. The van der Waals surface area contributed by atoms with Gasteiger partial charge in [0.15, 0.2) is 0 Å². The van der Waals surface area contributed by atoms with Crippen molar-refractivity contribution >= 4 is 28.0 Å². The highest BCUT2D eigenvalue weighted by Crippen LogP contribution is 2.12. The van der Waals surface area contributed by atoms with Gasteiger partial charge in [-0.25, -0.2) is 13.9 Å². The lowest BCUT2D eigenvalue weighted by Gasteiger charge is -2.30. The molecule has 0 spiro atoms. The molecule has 2 N–H and O–H groups in total. The van der Waals surface area contributed by atoms with Gasteiger partial charge >= 0.3 is 0 Å². The van der Waals surface area contributed by atoms with E-state index in [4.69, 9.17) is 5.73 Å². The van der Waals surface area contributed by atoms with Crippen LogP contribution in [0.1, 0.15) is 0 Å². The van der Waals surface area contributed by atoms with Crippen molar-refractivity contribution in [3.05, 3.63) is 6.33 Å². The van der Waals surface area contributed by atoms with Crippen LogP contribution in [0.25, 0.3) is 0 Å². The van der Waals surface area contributed by atoms with Gasteiger partial charge in [-0.15, -0.1) is 0 Å². The number of halogens is 1. The molecule has 14 heavy (non-hydrogen) atoms. The van der Waals surface area contributed by atoms with Crippen LogP contribution >= 0.6 is 16.1 Å². The number of nitrogens with zero attached hydrogens (tertiary/aromatic N) is 5. The number of nitrogens with two attached hydrogens (primary N) is 1. The van der Waals surface area contributed by atoms with E-state index in [9.17, 15) is 0 Å². The van der Waals surface area contributed by atoms with Crippen LogP contribution in [-0.4, -0.2) is 45.1 Å². The minimum atomic E-state index is 0.274. The van der Waals surface area contributed by atoms with Crippen LogP contribution in [0.3, 0.4) is 0 Å². The standard InChI is InChI=1S/C7H11BrN6/c8-14-3-1-13(2-4-14)7-11-5-10-6(9)12-7/h5H,1-4H2,(H2,9,10,11,12). The van der Waals surface area contributed by atoms with E-state index in [1.165, 1.54) is 6.33 Å². The van der Waals surface area contributed by atoms with Gasteiger partial charge in [0, 0.05) is 42.3 Å². The second kappa shape index (κ2) is 4.05. The van der Waals surface area contributed by atoms with Crippen LogP contribution in [0.2, 0.25) is 0 Å². The Bertz CT molecular complexity index is 311. The van der Waals surface area contributed by atoms with Crippen molar-refractivity contribution in [1.82, 2.24) is 18.9 Å². The maximum absolute atomic E-state index is 5.48. The van der Waals surface area contributed by atoms with Crippen molar-refractivity contribution in [3.63, 3.8) is 0 Å². The number of nitrogen functional groups attached to an aromatic ring is 1. The highest BCUT2D eigenvalue weighted by Gasteiger charge is 2.17. The van der Waals surface area contributed by atoms with Crippen LogP contribution in [0.4, 0.5) is 11.9 Å². The van der Waals surface area contributed by atoms with Crippen molar-refractivity contribution in [2.45, 2.75) is 0 Å². The molecule has 0 bridgehead atoms. The largest absolute Gasteiger partial charge is 0.368 e. The Morgan fingerprint density at radius 1 is 1.21 bits per heavy atom. The van der Waals surface area contributed by atoms with E-state index in [0.29, 0.717) is 5.95 Å². The molecule has 1 aromatic rings. The Hall–Kier alpha value is -0.950. The number of hydrogen-bond acceptors (Lipinski definition) is 6. The van der Waals surface area contributed by atoms with Crippen molar-refractivity contribution in [2.75, 3.05) is 36.8 Å². The summed E-state index contributed by atoms with van der Waals surface area (Å²) in [5.74, 6) is 0.939. The lowest BCUT2D eigenvalue weighted by Crippen LogP contribution is -2.43. The third kappa shape index (κ3) is 2.10. The van der Waals surface area contributed by atoms with Crippen LogP contribution in [-0.2, 0) is 0 Å². The van der Waals surface area contributed by atoms with E-state index in [-0.39, 0.29) is 5.95 Å². The van der Waals surface area contributed by atoms with Crippen LogP contribution in [0.5, 0.6) is 0 Å². The Morgan fingerprint density at radius 2 is 1.93 bits per heavy atom. The zero-order valence-electron chi connectivity index (χ0n) is 7.60. The summed E-state index contributed by atoms with van der Waals surface area (Å²) in [5, 5.41) is 0. The molecule has 1 aliphatic rings. The van der Waals surface area contributed by atoms with E-state index in [1.54, 1.807) is 0 Å². The molecule has 2 rings (SSSR count). The van der Waals surface area contributed by atoms with Crippen molar-refractivity contribution in [1.29, 1.82) is 0 Å². The average Bonchev–Trinajstić information content (AvgIpc) is 2.19. The van der Waals surface area contributed by atoms with E-state index >= 15 is 0 Å². The molecular formula is C7H11BrN6. The van der Waals surface area contributed by atoms with Crippen molar-refractivity contribution in [2.24, 2.45) is 0 Å². The molecule has 0 amide bonds. The van der Waals surface area contributed by atoms with Gasteiger partial charge in [0.05, 0.1) is 0 Å². The fraction of sp³-hybridized carbons (Fsp3) is 0.571. The van der Waals surface area contributed by atoms with Gasteiger partial charge in [0.1, 0.15) is 6.33 Å². The minimum Gasteiger partial charge on any atom is -0.368 e. The first kappa shape index (κ1) is 9.60.